The minimum absolute atomic E-state index is 0.314. The number of hydrogen-bond acceptors (Lipinski definition) is 5. The summed E-state index contributed by atoms with van der Waals surface area (Å²) in [6.45, 7) is 10.9. The summed E-state index contributed by atoms with van der Waals surface area (Å²) in [5.41, 5.74) is 3.60. The Morgan fingerprint density at radius 2 is 1.97 bits per heavy atom. The van der Waals surface area contributed by atoms with E-state index in [1.807, 2.05) is 0 Å². The number of aliphatic hydroxyl groups excluding tert-OH is 1. The van der Waals surface area contributed by atoms with Crippen molar-refractivity contribution in [2.75, 3.05) is 31.1 Å². The third kappa shape index (κ3) is 6.44. The summed E-state index contributed by atoms with van der Waals surface area (Å²) >= 11 is 1.69. The first-order chi connectivity index (χ1) is 14.6. The first kappa shape index (κ1) is 22.6. The van der Waals surface area contributed by atoms with Gasteiger partial charge in [-0.2, -0.15) is 0 Å². The largest absolute Gasteiger partial charge is 0.396 e. The zero-order valence-electron chi connectivity index (χ0n) is 18.4. The Morgan fingerprint density at radius 1 is 1.23 bits per heavy atom. The van der Waals surface area contributed by atoms with Gasteiger partial charge in [-0.25, -0.2) is 9.98 Å². The van der Waals surface area contributed by atoms with Crippen LogP contribution in [0.1, 0.15) is 55.8 Å². The molecule has 0 radical (unpaired) electrons. The number of guanidine groups is 1. The molecule has 2 aromatic rings. The molecule has 1 aliphatic heterocycles. The molecule has 1 aromatic heterocycles. The average molecular weight is 430 g/mol. The number of anilines is 1. The molecular formula is C23H35N5OS. The van der Waals surface area contributed by atoms with Crippen LogP contribution in [0.15, 0.2) is 34.6 Å². The van der Waals surface area contributed by atoms with Crippen LogP contribution in [0.25, 0.3) is 0 Å². The summed E-state index contributed by atoms with van der Waals surface area (Å²) in [6, 6.07) is 8.70. The highest BCUT2D eigenvalue weighted by molar-refractivity contribution is 7.09. The molecule has 0 spiro atoms. The Labute approximate surface area is 184 Å². The van der Waals surface area contributed by atoms with Crippen LogP contribution >= 0.6 is 11.3 Å². The van der Waals surface area contributed by atoms with Crippen molar-refractivity contribution in [2.24, 2.45) is 10.9 Å². The first-order valence-corrected chi connectivity index (χ1v) is 11.9. The van der Waals surface area contributed by atoms with E-state index in [2.05, 4.69) is 70.9 Å². The zero-order chi connectivity index (χ0) is 21.3. The van der Waals surface area contributed by atoms with Gasteiger partial charge in [0.1, 0.15) is 5.01 Å². The van der Waals surface area contributed by atoms with Gasteiger partial charge in [-0.05, 0) is 49.3 Å². The van der Waals surface area contributed by atoms with E-state index in [1.165, 1.54) is 11.3 Å². The number of thiazole rings is 1. The van der Waals surface area contributed by atoms with Crippen molar-refractivity contribution in [2.45, 2.75) is 52.6 Å². The van der Waals surface area contributed by atoms with E-state index in [0.717, 1.165) is 49.1 Å². The minimum atomic E-state index is 0.314. The molecule has 3 rings (SSSR count). The van der Waals surface area contributed by atoms with Gasteiger partial charge in [0.25, 0.3) is 0 Å². The van der Waals surface area contributed by atoms with Crippen LogP contribution in [0, 0.1) is 5.92 Å². The van der Waals surface area contributed by atoms with E-state index in [1.54, 1.807) is 11.3 Å². The molecular weight excluding hydrogens is 394 g/mol. The Bertz CT molecular complexity index is 794. The van der Waals surface area contributed by atoms with Crippen molar-refractivity contribution < 1.29 is 5.11 Å². The highest BCUT2D eigenvalue weighted by Gasteiger charge is 2.18. The van der Waals surface area contributed by atoms with E-state index in [4.69, 9.17) is 4.99 Å². The topological polar surface area (TPSA) is 72.8 Å². The van der Waals surface area contributed by atoms with E-state index < -0.39 is 0 Å². The van der Waals surface area contributed by atoms with Gasteiger partial charge in [-0.15, -0.1) is 11.3 Å². The average Bonchev–Trinajstić information content (AvgIpc) is 3.26. The van der Waals surface area contributed by atoms with Gasteiger partial charge in [-0.3, -0.25) is 0 Å². The lowest BCUT2D eigenvalue weighted by molar-refractivity contribution is 0.203. The molecule has 1 aliphatic rings. The SMILES string of the molecule is CCNC(=NCc1ccc(N2CCC(CO)CC2)cc1)NCc1nc(C(C)C)cs1. The molecule has 2 heterocycles. The quantitative estimate of drug-likeness (QED) is 0.440. The van der Waals surface area contributed by atoms with Crippen LogP contribution in [-0.4, -0.2) is 42.3 Å². The number of aliphatic imine (C=N–C) groups is 1. The molecule has 0 unspecified atom stereocenters. The van der Waals surface area contributed by atoms with Crippen molar-refractivity contribution in [3.63, 3.8) is 0 Å². The second-order valence-corrected chi connectivity index (χ2v) is 9.09. The van der Waals surface area contributed by atoms with Gasteiger partial charge in [0, 0.05) is 37.3 Å². The number of benzene rings is 1. The number of nitrogens with one attached hydrogen (secondary N) is 2. The third-order valence-corrected chi connectivity index (χ3v) is 6.37. The monoisotopic (exact) mass is 429 g/mol. The Balaban J connectivity index is 1.53. The summed E-state index contributed by atoms with van der Waals surface area (Å²) in [4.78, 5) is 11.8. The Hall–Kier alpha value is -2.12. The Morgan fingerprint density at radius 3 is 2.57 bits per heavy atom. The highest BCUT2D eigenvalue weighted by atomic mass is 32.1. The van der Waals surface area contributed by atoms with Crippen LogP contribution in [0.3, 0.4) is 0 Å². The zero-order valence-corrected chi connectivity index (χ0v) is 19.2. The number of nitrogens with zero attached hydrogens (tertiary/aromatic N) is 3. The molecule has 7 heteroatoms. The maximum absolute atomic E-state index is 9.31. The van der Waals surface area contributed by atoms with E-state index in [0.29, 0.717) is 31.5 Å². The molecule has 30 heavy (non-hydrogen) atoms. The summed E-state index contributed by atoms with van der Waals surface area (Å²) in [6.07, 6.45) is 2.13. The summed E-state index contributed by atoms with van der Waals surface area (Å²) < 4.78 is 0. The van der Waals surface area contributed by atoms with Crippen LogP contribution in [0.4, 0.5) is 5.69 Å². The van der Waals surface area contributed by atoms with Gasteiger partial charge in [0.05, 0.1) is 18.8 Å². The Kier molecular flexibility index (Phi) is 8.51. The van der Waals surface area contributed by atoms with Gasteiger partial charge in [0.2, 0.25) is 0 Å². The minimum Gasteiger partial charge on any atom is -0.396 e. The molecule has 1 fully saturated rings. The van der Waals surface area contributed by atoms with Gasteiger partial charge >= 0.3 is 0 Å². The van der Waals surface area contributed by atoms with Crippen molar-refractivity contribution in [3.8, 4) is 0 Å². The number of piperidine rings is 1. The van der Waals surface area contributed by atoms with Gasteiger partial charge in [0.15, 0.2) is 5.96 Å². The molecule has 0 atom stereocenters. The number of aliphatic hydroxyl groups is 1. The second kappa shape index (κ2) is 11.3. The lowest BCUT2D eigenvalue weighted by Crippen LogP contribution is -2.36. The molecule has 1 saturated heterocycles. The fourth-order valence-electron chi connectivity index (χ4n) is 3.53. The van der Waals surface area contributed by atoms with Crippen LogP contribution < -0.4 is 15.5 Å². The predicted molar refractivity (Wildman–Crippen MR) is 126 cm³/mol. The van der Waals surface area contributed by atoms with Crippen molar-refractivity contribution in [1.82, 2.24) is 15.6 Å². The molecule has 1 aromatic carbocycles. The summed E-state index contributed by atoms with van der Waals surface area (Å²) in [5.74, 6) is 1.74. The fraction of sp³-hybridized carbons (Fsp3) is 0.565. The highest BCUT2D eigenvalue weighted by Crippen LogP contribution is 2.23. The smallest absolute Gasteiger partial charge is 0.191 e. The second-order valence-electron chi connectivity index (χ2n) is 8.15. The number of aromatic nitrogens is 1. The van der Waals surface area contributed by atoms with Crippen LogP contribution in [-0.2, 0) is 13.1 Å². The molecule has 0 amide bonds. The summed E-state index contributed by atoms with van der Waals surface area (Å²) in [7, 11) is 0. The molecule has 164 valence electrons. The normalized spacial score (nSPS) is 15.6. The molecule has 0 bridgehead atoms. The lowest BCUT2D eigenvalue weighted by Gasteiger charge is -2.32. The maximum Gasteiger partial charge on any atom is 0.191 e. The fourth-order valence-corrected chi connectivity index (χ4v) is 4.42. The van der Waals surface area contributed by atoms with Crippen molar-refractivity contribution >= 4 is 23.0 Å². The van der Waals surface area contributed by atoms with Crippen LogP contribution in [0.2, 0.25) is 0 Å². The van der Waals surface area contributed by atoms with Crippen molar-refractivity contribution in [1.29, 1.82) is 0 Å². The number of hydrogen-bond donors (Lipinski definition) is 3. The van der Waals surface area contributed by atoms with E-state index in [9.17, 15) is 5.11 Å². The maximum atomic E-state index is 9.31. The van der Waals surface area contributed by atoms with Crippen LogP contribution in [0.5, 0.6) is 0 Å². The predicted octanol–water partition coefficient (Wildman–Crippen LogP) is 3.73. The first-order valence-electron chi connectivity index (χ1n) is 11.0. The van der Waals surface area contributed by atoms with Gasteiger partial charge < -0.3 is 20.6 Å². The molecule has 3 N–H and O–H groups in total. The van der Waals surface area contributed by atoms with Gasteiger partial charge in [-0.1, -0.05) is 26.0 Å². The third-order valence-electron chi connectivity index (χ3n) is 5.51. The van der Waals surface area contributed by atoms with E-state index >= 15 is 0 Å². The lowest BCUT2D eigenvalue weighted by atomic mass is 9.97. The molecule has 0 aliphatic carbocycles. The molecule has 6 nitrogen and oxygen atoms in total. The number of rotatable bonds is 8. The van der Waals surface area contributed by atoms with Crippen molar-refractivity contribution in [3.05, 3.63) is 45.9 Å². The van der Waals surface area contributed by atoms with E-state index in [-0.39, 0.29) is 0 Å². The summed E-state index contributed by atoms with van der Waals surface area (Å²) in [5, 5.41) is 19.2. The molecule has 0 saturated carbocycles. The standard InChI is InChI=1S/C23H35N5OS/c1-4-24-23(26-14-22-27-21(16-30-22)17(2)3)25-13-18-5-7-20(8-6-18)28-11-9-19(15-29)10-12-28/h5-8,16-17,19,29H,4,9-15H2,1-3H3,(H2,24,25,26).